The van der Waals surface area contributed by atoms with E-state index in [4.69, 9.17) is 4.74 Å². The fourth-order valence-electron chi connectivity index (χ4n) is 3.99. The van der Waals surface area contributed by atoms with Gasteiger partial charge in [0.15, 0.2) is 0 Å². The molecule has 2 fully saturated rings. The summed E-state index contributed by atoms with van der Waals surface area (Å²) in [6.45, 7) is 6.32. The summed E-state index contributed by atoms with van der Waals surface area (Å²) in [6.07, 6.45) is 3.12. The van der Waals surface area contributed by atoms with Gasteiger partial charge in [-0.25, -0.2) is 4.79 Å². The van der Waals surface area contributed by atoms with Gasteiger partial charge < -0.3 is 4.74 Å². The van der Waals surface area contributed by atoms with Gasteiger partial charge in [0, 0.05) is 17.9 Å². The van der Waals surface area contributed by atoms with Gasteiger partial charge in [0.1, 0.15) is 11.9 Å². The van der Waals surface area contributed by atoms with E-state index in [0.29, 0.717) is 24.5 Å². The van der Waals surface area contributed by atoms with Crippen LogP contribution in [0.25, 0.3) is 0 Å². The predicted molar refractivity (Wildman–Crippen MR) is 66.8 cm³/mol. The number of carbonyl (C=O) groups is 2. The number of rotatable bonds is 0. The lowest BCUT2D eigenvalue weighted by Gasteiger charge is -2.50. The zero-order valence-electron chi connectivity index (χ0n) is 11.3. The minimum atomic E-state index is -0.183. The smallest absolute Gasteiger partial charge is 0.334 e. The minimum absolute atomic E-state index is 0.0242. The Morgan fingerprint density at radius 2 is 2.06 bits per heavy atom. The van der Waals surface area contributed by atoms with Gasteiger partial charge in [-0.15, -0.1) is 0 Å². The molecule has 98 valence electrons. The van der Waals surface area contributed by atoms with Gasteiger partial charge in [0.2, 0.25) is 0 Å². The molecule has 0 radical (unpaired) electrons. The fraction of sp³-hybridized carbons (Fsp3) is 0.733. The number of esters is 1. The van der Waals surface area contributed by atoms with Crippen LogP contribution in [-0.2, 0) is 14.3 Å². The number of hydrogen-bond donors (Lipinski definition) is 0. The van der Waals surface area contributed by atoms with Crippen molar-refractivity contribution < 1.29 is 14.3 Å². The molecule has 0 amide bonds. The Morgan fingerprint density at radius 3 is 2.78 bits per heavy atom. The van der Waals surface area contributed by atoms with Crippen LogP contribution in [0.4, 0.5) is 0 Å². The van der Waals surface area contributed by atoms with E-state index in [1.165, 1.54) is 0 Å². The van der Waals surface area contributed by atoms with E-state index in [1.807, 2.05) is 6.92 Å². The van der Waals surface area contributed by atoms with E-state index in [1.54, 1.807) is 0 Å². The van der Waals surface area contributed by atoms with Gasteiger partial charge in [-0.05, 0) is 43.1 Å². The molecule has 0 saturated heterocycles. The van der Waals surface area contributed by atoms with Gasteiger partial charge in [0.25, 0.3) is 0 Å². The molecule has 3 aliphatic rings. The molecule has 3 rings (SSSR count). The van der Waals surface area contributed by atoms with Gasteiger partial charge in [0.05, 0.1) is 0 Å². The average Bonchev–Trinajstić information content (AvgIpc) is 2.59. The zero-order chi connectivity index (χ0) is 13.1. The third-order valence-corrected chi connectivity index (χ3v) is 5.58. The molecule has 3 heteroatoms. The maximum atomic E-state index is 12.2. The third kappa shape index (κ3) is 1.42. The highest BCUT2D eigenvalue weighted by molar-refractivity contribution is 5.92. The molecule has 2 aliphatic carbocycles. The van der Waals surface area contributed by atoms with Gasteiger partial charge >= 0.3 is 5.97 Å². The molecule has 3 nitrogen and oxygen atoms in total. The summed E-state index contributed by atoms with van der Waals surface area (Å²) >= 11 is 0. The Hall–Kier alpha value is -1.12. The van der Waals surface area contributed by atoms with Crippen LogP contribution in [0.5, 0.6) is 0 Å². The second kappa shape index (κ2) is 3.69. The first-order valence-corrected chi connectivity index (χ1v) is 6.87. The molecule has 1 heterocycles. The number of carbonyl (C=O) groups excluding carboxylic acids is 2. The fourth-order valence-corrected chi connectivity index (χ4v) is 3.99. The molecule has 1 aliphatic heterocycles. The second-order valence-electron chi connectivity index (χ2n) is 6.42. The molecular weight excluding hydrogens is 228 g/mol. The molecular formula is C15H20O3. The monoisotopic (exact) mass is 248 g/mol. The van der Waals surface area contributed by atoms with E-state index in [9.17, 15) is 9.59 Å². The standard InChI is InChI=1S/C15H20O3/c1-8-4-5-12(16)11-6-13-10(7-15(8,11)3)9(2)14(17)18-13/h8,11,13H,4-7H2,1-3H3/t8-,11+,13+,15+/m1/s1. The van der Waals surface area contributed by atoms with Gasteiger partial charge in [-0.1, -0.05) is 13.8 Å². The van der Waals surface area contributed by atoms with Crippen LogP contribution in [-0.4, -0.2) is 17.9 Å². The van der Waals surface area contributed by atoms with E-state index in [-0.39, 0.29) is 23.4 Å². The van der Waals surface area contributed by atoms with Crippen molar-refractivity contribution in [3.8, 4) is 0 Å². The summed E-state index contributed by atoms with van der Waals surface area (Å²) < 4.78 is 5.39. The molecule has 0 bridgehead atoms. The summed E-state index contributed by atoms with van der Waals surface area (Å²) in [5.74, 6) is 0.804. The van der Waals surface area contributed by atoms with Crippen LogP contribution in [0.1, 0.15) is 46.5 Å². The maximum absolute atomic E-state index is 12.2. The van der Waals surface area contributed by atoms with Crippen molar-refractivity contribution in [1.29, 1.82) is 0 Å². The van der Waals surface area contributed by atoms with E-state index in [0.717, 1.165) is 24.0 Å². The zero-order valence-corrected chi connectivity index (χ0v) is 11.3. The van der Waals surface area contributed by atoms with Crippen LogP contribution in [0, 0.1) is 17.3 Å². The predicted octanol–water partition coefficient (Wildman–Crippen LogP) is 2.64. The van der Waals surface area contributed by atoms with Crippen LogP contribution in [0.2, 0.25) is 0 Å². The topological polar surface area (TPSA) is 43.4 Å². The first-order chi connectivity index (χ1) is 8.43. The summed E-state index contributed by atoms with van der Waals surface area (Å²) in [5, 5.41) is 0. The van der Waals surface area contributed by atoms with E-state index >= 15 is 0 Å². The maximum Gasteiger partial charge on any atom is 0.334 e. The number of hydrogen-bond acceptors (Lipinski definition) is 3. The summed E-state index contributed by atoms with van der Waals surface area (Å²) in [6, 6.07) is 0. The number of fused-ring (bicyclic) bond motifs is 2. The van der Waals surface area contributed by atoms with Crippen molar-refractivity contribution >= 4 is 11.8 Å². The normalized spacial score (nSPS) is 43.6. The summed E-state index contributed by atoms with van der Waals surface area (Å²) in [4.78, 5) is 23.8. The first-order valence-electron chi connectivity index (χ1n) is 6.87. The van der Waals surface area contributed by atoms with Crippen molar-refractivity contribution in [3.63, 3.8) is 0 Å². The highest BCUT2D eigenvalue weighted by atomic mass is 16.5. The number of ether oxygens (including phenoxy) is 1. The minimum Gasteiger partial charge on any atom is -0.454 e. The lowest BCUT2D eigenvalue weighted by atomic mass is 9.54. The Morgan fingerprint density at radius 1 is 1.33 bits per heavy atom. The van der Waals surface area contributed by atoms with Crippen molar-refractivity contribution in [1.82, 2.24) is 0 Å². The average molecular weight is 248 g/mol. The molecule has 0 aromatic rings. The summed E-state index contributed by atoms with van der Waals surface area (Å²) in [5.41, 5.74) is 1.96. The van der Waals surface area contributed by atoms with Gasteiger partial charge in [-0.3, -0.25) is 4.79 Å². The SMILES string of the molecule is CC1=C2C[C@@]3(C)[C@H](C)CCC(=O)[C@@H]3C[C@@H]2OC1=O. The Bertz CT molecular complexity index is 462. The molecule has 0 N–H and O–H groups in total. The Balaban J connectivity index is 2.00. The molecule has 4 atom stereocenters. The van der Waals surface area contributed by atoms with Crippen LogP contribution < -0.4 is 0 Å². The van der Waals surface area contributed by atoms with Crippen molar-refractivity contribution in [2.24, 2.45) is 17.3 Å². The molecule has 0 aromatic carbocycles. The molecule has 18 heavy (non-hydrogen) atoms. The Kier molecular flexibility index (Phi) is 2.45. The first kappa shape index (κ1) is 11.9. The molecule has 0 unspecified atom stereocenters. The van der Waals surface area contributed by atoms with E-state index < -0.39 is 0 Å². The Labute approximate surface area is 108 Å². The number of ketones is 1. The lowest BCUT2D eigenvalue weighted by Crippen LogP contribution is -2.48. The molecule has 0 aromatic heterocycles. The largest absolute Gasteiger partial charge is 0.454 e. The van der Waals surface area contributed by atoms with E-state index in [2.05, 4.69) is 13.8 Å². The van der Waals surface area contributed by atoms with Crippen molar-refractivity contribution in [2.75, 3.05) is 0 Å². The highest BCUT2D eigenvalue weighted by Crippen LogP contribution is 2.55. The van der Waals surface area contributed by atoms with Crippen molar-refractivity contribution in [3.05, 3.63) is 11.1 Å². The molecule has 2 saturated carbocycles. The third-order valence-electron chi connectivity index (χ3n) is 5.58. The quantitative estimate of drug-likeness (QED) is 0.619. The summed E-state index contributed by atoms with van der Waals surface area (Å²) in [7, 11) is 0. The van der Waals surface area contributed by atoms with Crippen LogP contribution in [0.15, 0.2) is 11.1 Å². The van der Waals surface area contributed by atoms with Crippen LogP contribution >= 0.6 is 0 Å². The second-order valence-corrected chi connectivity index (χ2v) is 6.42. The van der Waals surface area contributed by atoms with Crippen molar-refractivity contribution in [2.45, 2.75) is 52.6 Å². The van der Waals surface area contributed by atoms with Crippen LogP contribution in [0.3, 0.4) is 0 Å². The van der Waals surface area contributed by atoms with Gasteiger partial charge in [-0.2, -0.15) is 0 Å². The highest BCUT2D eigenvalue weighted by Gasteiger charge is 2.53. The molecule has 0 spiro atoms. The number of Topliss-reactive ketones (excluding diaryl/α,β-unsaturated/α-hetero) is 1. The lowest BCUT2D eigenvalue weighted by molar-refractivity contribution is -0.147.